The smallest absolute Gasteiger partial charge is 0.263 e. The Hall–Kier alpha value is -1.86. The van der Waals surface area contributed by atoms with Gasteiger partial charge in [-0.05, 0) is 39.0 Å². The van der Waals surface area contributed by atoms with E-state index in [4.69, 9.17) is 0 Å². The second-order valence-corrected chi connectivity index (χ2v) is 6.80. The SMILES string of the molecule is Cc1cc(NS(=O)(=O)c2cc(CO)n(C(C)C)c2)ccn1. The molecule has 0 saturated carbocycles. The largest absolute Gasteiger partial charge is 0.390 e. The van der Waals surface area contributed by atoms with Gasteiger partial charge in [0.1, 0.15) is 4.90 Å². The number of aliphatic hydroxyl groups excluding tert-OH is 1. The van der Waals surface area contributed by atoms with Crippen LogP contribution in [0.4, 0.5) is 5.69 Å². The Balaban J connectivity index is 2.36. The van der Waals surface area contributed by atoms with Crippen LogP contribution in [0.25, 0.3) is 0 Å². The van der Waals surface area contributed by atoms with Crippen LogP contribution in [0.1, 0.15) is 31.3 Å². The number of sulfonamides is 1. The molecule has 7 heteroatoms. The zero-order valence-corrected chi connectivity index (χ0v) is 13.1. The van der Waals surface area contributed by atoms with Crippen molar-refractivity contribution in [3.05, 3.63) is 42.0 Å². The third-order valence-electron chi connectivity index (χ3n) is 3.08. The molecule has 0 radical (unpaired) electrons. The monoisotopic (exact) mass is 309 g/mol. The summed E-state index contributed by atoms with van der Waals surface area (Å²) in [6.07, 6.45) is 3.08. The minimum Gasteiger partial charge on any atom is -0.390 e. The van der Waals surface area contributed by atoms with E-state index in [0.717, 1.165) is 5.69 Å². The Morgan fingerprint density at radius 3 is 2.62 bits per heavy atom. The third-order valence-corrected chi connectivity index (χ3v) is 4.43. The minimum absolute atomic E-state index is 0.0688. The maximum absolute atomic E-state index is 12.4. The summed E-state index contributed by atoms with van der Waals surface area (Å²) in [6, 6.07) is 4.80. The molecule has 0 saturated heterocycles. The van der Waals surface area contributed by atoms with Crippen molar-refractivity contribution in [1.82, 2.24) is 9.55 Å². The summed E-state index contributed by atoms with van der Waals surface area (Å²) >= 11 is 0. The fraction of sp³-hybridized carbons (Fsp3) is 0.357. The molecule has 0 aliphatic heterocycles. The van der Waals surface area contributed by atoms with E-state index in [9.17, 15) is 13.5 Å². The number of nitrogens with one attached hydrogen (secondary N) is 1. The van der Waals surface area contributed by atoms with Gasteiger partial charge in [0.15, 0.2) is 0 Å². The van der Waals surface area contributed by atoms with E-state index in [0.29, 0.717) is 11.4 Å². The van der Waals surface area contributed by atoms with Crippen LogP contribution in [0.15, 0.2) is 35.5 Å². The van der Waals surface area contributed by atoms with E-state index >= 15 is 0 Å². The summed E-state index contributed by atoms with van der Waals surface area (Å²) in [6.45, 7) is 5.43. The molecular weight excluding hydrogens is 290 g/mol. The van der Waals surface area contributed by atoms with E-state index in [1.54, 1.807) is 29.8 Å². The molecule has 0 fully saturated rings. The highest BCUT2D eigenvalue weighted by molar-refractivity contribution is 7.92. The zero-order chi connectivity index (χ0) is 15.6. The van der Waals surface area contributed by atoms with E-state index < -0.39 is 10.0 Å². The van der Waals surface area contributed by atoms with Gasteiger partial charge in [0, 0.05) is 29.8 Å². The van der Waals surface area contributed by atoms with Gasteiger partial charge in [0.05, 0.1) is 12.3 Å². The van der Waals surface area contributed by atoms with Crippen LogP contribution in [-0.2, 0) is 16.6 Å². The molecule has 2 rings (SSSR count). The number of aryl methyl sites for hydroxylation is 1. The highest BCUT2D eigenvalue weighted by atomic mass is 32.2. The Kier molecular flexibility index (Phi) is 4.34. The Bertz CT molecular complexity index is 736. The maximum Gasteiger partial charge on any atom is 0.263 e. The minimum atomic E-state index is -3.69. The molecule has 6 nitrogen and oxygen atoms in total. The van der Waals surface area contributed by atoms with E-state index in [1.807, 2.05) is 13.8 Å². The molecule has 0 amide bonds. The summed E-state index contributed by atoms with van der Waals surface area (Å²) in [5, 5.41) is 9.33. The summed E-state index contributed by atoms with van der Waals surface area (Å²) in [7, 11) is -3.69. The predicted molar refractivity (Wildman–Crippen MR) is 80.5 cm³/mol. The first kappa shape index (κ1) is 15.5. The Morgan fingerprint density at radius 1 is 1.38 bits per heavy atom. The average molecular weight is 309 g/mol. The number of pyridine rings is 1. The van der Waals surface area contributed by atoms with Gasteiger partial charge >= 0.3 is 0 Å². The number of rotatable bonds is 5. The third kappa shape index (κ3) is 3.43. The molecule has 21 heavy (non-hydrogen) atoms. The number of hydrogen-bond acceptors (Lipinski definition) is 4. The van der Waals surface area contributed by atoms with Gasteiger partial charge in [-0.1, -0.05) is 0 Å². The molecule has 2 aromatic rings. The van der Waals surface area contributed by atoms with Crippen molar-refractivity contribution in [2.75, 3.05) is 4.72 Å². The van der Waals surface area contributed by atoms with Crippen LogP contribution in [0.5, 0.6) is 0 Å². The highest BCUT2D eigenvalue weighted by Gasteiger charge is 2.19. The van der Waals surface area contributed by atoms with Gasteiger partial charge in [0.25, 0.3) is 10.0 Å². The van der Waals surface area contributed by atoms with Crippen LogP contribution in [0.3, 0.4) is 0 Å². The standard InChI is InChI=1S/C14H19N3O3S/c1-10(2)17-8-14(7-13(17)9-18)21(19,20)16-12-4-5-15-11(3)6-12/h4-8,10,18H,9H2,1-3H3,(H,15,16). The van der Waals surface area contributed by atoms with Crippen molar-refractivity contribution in [3.63, 3.8) is 0 Å². The van der Waals surface area contributed by atoms with Gasteiger partial charge in [-0.25, -0.2) is 8.42 Å². The number of aliphatic hydroxyl groups is 1. The van der Waals surface area contributed by atoms with Crippen molar-refractivity contribution in [2.24, 2.45) is 0 Å². The van der Waals surface area contributed by atoms with Crippen LogP contribution in [0.2, 0.25) is 0 Å². The van der Waals surface area contributed by atoms with Crippen LogP contribution in [0, 0.1) is 6.92 Å². The van der Waals surface area contributed by atoms with Crippen LogP contribution in [-0.4, -0.2) is 23.1 Å². The van der Waals surface area contributed by atoms with Crippen molar-refractivity contribution in [2.45, 2.75) is 38.3 Å². The molecule has 0 aliphatic carbocycles. The highest BCUT2D eigenvalue weighted by Crippen LogP contribution is 2.21. The summed E-state index contributed by atoms with van der Waals surface area (Å²) in [5.41, 5.74) is 1.76. The molecule has 0 atom stereocenters. The molecule has 114 valence electrons. The molecule has 2 N–H and O–H groups in total. The summed E-state index contributed by atoms with van der Waals surface area (Å²) in [5.74, 6) is 0. The van der Waals surface area contributed by atoms with Gasteiger partial charge < -0.3 is 9.67 Å². The predicted octanol–water partition coefficient (Wildman–Crippen LogP) is 2.07. The first-order valence-corrected chi connectivity index (χ1v) is 8.09. The summed E-state index contributed by atoms with van der Waals surface area (Å²) in [4.78, 5) is 4.16. The molecule has 0 aromatic carbocycles. The molecule has 0 spiro atoms. The fourth-order valence-corrected chi connectivity index (χ4v) is 3.17. The van der Waals surface area contributed by atoms with Gasteiger partial charge in [-0.3, -0.25) is 9.71 Å². The van der Waals surface area contributed by atoms with Gasteiger partial charge in [-0.2, -0.15) is 0 Å². The second-order valence-electron chi connectivity index (χ2n) is 5.12. The van der Waals surface area contributed by atoms with Crippen molar-refractivity contribution in [3.8, 4) is 0 Å². The fourth-order valence-electron chi connectivity index (χ4n) is 2.07. The summed E-state index contributed by atoms with van der Waals surface area (Å²) < 4.78 is 29.0. The Morgan fingerprint density at radius 2 is 2.10 bits per heavy atom. The molecule has 0 aliphatic rings. The molecular formula is C14H19N3O3S. The molecule has 2 aromatic heterocycles. The molecule has 0 bridgehead atoms. The van der Waals surface area contributed by atoms with Crippen LogP contribution < -0.4 is 4.72 Å². The van der Waals surface area contributed by atoms with Crippen molar-refractivity contribution < 1.29 is 13.5 Å². The second kappa shape index (κ2) is 5.87. The topological polar surface area (TPSA) is 84.2 Å². The lowest BCUT2D eigenvalue weighted by Gasteiger charge is -2.10. The quantitative estimate of drug-likeness (QED) is 0.885. The number of nitrogens with zero attached hydrogens (tertiary/aromatic N) is 2. The van der Waals surface area contributed by atoms with Crippen LogP contribution >= 0.6 is 0 Å². The lowest BCUT2D eigenvalue weighted by atomic mass is 10.3. The van der Waals surface area contributed by atoms with Crippen molar-refractivity contribution >= 4 is 15.7 Å². The lowest BCUT2D eigenvalue weighted by Crippen LogP contribution is -2.12. The average Bonchev–Trinajstić information content (AvgIpc) is 2.83. The van der Waals surface area contributed by atoms with Crippen molar-refractivity contribution in [1.29, 1.82) is 0 Å². The van der Waals surface area contributed by atoms with Gasteiger partial charge in [-0.15, -0.1) is 0 Å². The normalized spacial score (nSPS) is 11.9. The van der Waals surface area contributed by atoms with E-state index in [-0.39, 0.29) is 17.5 Å². The lowest BCUT2D eigenvalue weighted by molar-refractivity contribution is 0.268. The maximum atomic E-state index is 12.4. The Labute approximate surface area is 124 Å². The number of hydrogen-bond donors (Lipinski definition) is 2. The first-order valence-electron chi connectivity index (χ1n) is 6.60. The molecule has 2 heterocycles. The molecule has 0 unspecified atom stereocenters. The number of anilines is 1. The van der Waals surface area contributed by atoms with Gasteiger partial charge in [0.2, 0.25) is 0 Å². The van der Waals surface area contributed by atoms with E-state index in [1.165, 1.54) is 12.3 Å². The first-order chi connectivity index (χ1) is 9.83. The zero-order valence-electron chi connectivity index (χ0n) is 12.2. The number of aromatic nitrogens is 2. The van der Waals surface area contributed by atoms with E-state index in [2.05, 4.69) is 9.71 Å².